The van der Waals surface area contributed by atoms with Gasteiger partial charge in [-0.25, -0.2) is 4.79 Å². The van der Waals surface area contributed by atoms with Crippen LogP contribution in [-0.2, 0) is 10.0 Å². The largest absolute Gasteiger partial charge is 0.403 e. The van der Waals surface area contributed by atoms with Crippen LogP contribution < -0.4 is 10.6 Å². The highest BCUT2D eigenvalue weighted by atomic mass is 35.5. The molecular weight excluding hydrogens is 543 g/mol. The second-order valence-corrected chi connectivity index (χ2v) is 10.6. The summed E-state index contributed by atoms with van der Waals surface area (Å²) in [7, 11) is -4.01. The number of amides is 2. The highest BCUT2D eigenvalue weighted by Gasteiger charge is 2.23. The molecule has 0 radical (unpaired) electrons. The predicted molar refractivity (Wildman–Crippen MR) is 141 cm³/mol. The summed E-state index contributed by atoms with van der Waals surface area (Å²) >= 11 is 13.0. The van der Waals surface area contributed by atoms with Gasteiger partial charge in [0.15, 0.2) is 8.73 Å². The molecule has 0 fully saturated rings. The van der Waals surface area contributed by atoms with Crippen molar-refractivity contribution in [2.45, 2.75) is 4.21 Å². The zero-order valence-corrected chi connectivity index (χ0v) is 21.2. The molecule has 2 N–H and O–H groups in total. The molecule has 0 atom stereocenters. The number of hydrogen-bond donors (Lipinski definition) is 2. The van der Waals surface area contributed by atoms with Gasteiger partial charge >= 0.3 is 16.1 Å². The summed E-state index contributed by atoms with van der Waals surface area (Å²) in [6.07, 6.45) is 1.63. The number of halogens is 2. The molecule has 0 unspecified atom stereocenters. The molecule has 0 saturated carbocycles. The average Bonchev–Trinajstić information content (AvgIpc) is 3.38. The molecule has 0 saturated heterocycles. The summed E-state index contributed by atoms with van der Waals surface area (Å²) in [6, 6.07) is 21.8. The molecule has 2 aromatic carbocycles. The van der Waals surface area contributed by atoms with Gasteiger partial charge in [-0.15, -0.1) is 11.3 Å². The minimum absolute atomic E-state index is 0.0230. The number of carbonyl (C=O) groups excluding carboxylic acids is 1. The standard InChI is InChI=1S/C23H14Cl2N6O3S2/c24-17-4-3-6-19(22(17)25)29-23(32)28-16-9-7-15(8-10-16)14-27-30-31-36(33,34)21-12-11-20(35-21)18-5-1-2-13-26-18/h1-13H,(H,29,32)/p+1. The summed E-state index contributed by atoms with van der Waals surface area (Å²) in [6.45, 7) is 0. The van der Waals surface area contributed by atoms with Crippen LogP contribution in [0.5, 0.6) is 0 Å². The summed E-state index contributed by atoms with van der Waals surface area (Å²) in [5.74, 6) is 0. The smallest absolute Gasteiger partial charge is 0.308 e. The number of nitrogens with one attached hydrogen (secondary N) is 2. The van der Waals surface area contributed by atoms with E-state index >= 15 is 0 Å². The monoisotopic (exact) mass is 557 g/mol. The first kappa shape index (κ1) is 25.3. The van der Waals surface area contributed by atoms with E-state index in [0.717, 1.165) is 11.3 Å². The lowest BCUT2D eigenvalue weighted by Gasteiger charge is -2.09. The lowest BCUT2D eigenvalue weighted by molar-refractivity contribution is 0.262. The number of urea groups is 1. The molecule has 0 spiro atoms. The topological polar surface area (TPSA) is 117 Å². The van der Waals surface area contributed by atoms with E-state index in [1.54, 1.807) is 66.9 Å². The van der Waals surface area contributed by atoms with Crippen LogP contribution >= 0.6 is 34.5 Å². The normalized spacial score (nSPS) is 11.1. The summed E-state index contributed by atoms with van der Waals surface area (Å²) in [5, 5.41) is 9.18. The molecule has 0 bridgehead atoms. The average molecular weight is 558 g/mol. The fraction of sp³-hybridized carbons (Fsp3) is 0. The Balaban J connectivity index is 1.35. The molecule has 4 rings (SSSR count). The Hall–Kier alpha value is -3.82. The van der Waals surface area contributed by atoms with E-state index in [1.807, 2.05) is 6.07 Å². The second kappa shape index (κ2) is 11.3. The molecule has 2 aromatic heterocycles. The molecule has 2 amide bonds. The Kier molecular flexibility index (Phi) is 7.92. The lowest BCUT2D eigenvalue weighted by Crippen LogP contribution is -2.19. The van der Waals surface area contributed by atoms with Gasteiger partial charge in [0.25, 0.3) is 5.22 Å². The number of benzene rings is 2. The quantitative estimate of drug-likeness (QED) is 0.199. The first-order valence-corrected chi connectivity index (χ1v) is 13.1. The van der Waals surface area contributed by atoms with Crippen LogP contribution in [0.1, 0.15) is 5.56 Å². The predicted octanol–water partition coefficient (Wildman–Crippen LogP) is 7.20. The van der Waals surface area contributed by atoms with E-state index in [2.05, 4.69) is 36.4 Å². The van der Waals surface area contributed by atoms with Crippen molar-refractivity contribution in [1.82, 2.24) is 4.98 Å². The summed E-state index contributed by atoms with van der Waals surface area (Å²) in [5.41, 5.74) is 2.01. The van der Waals surface area contributed by atoms with Crippen molar-refractivity contribution in [3.05, 3.63) is 99.6 Å². The van der Waals surface area contributed by atoms with Gasteiger partial charge in [-0.1, -0.05) is 35.3 Å². The van der Waals surface area contributed by atoms with Crippen LogP contribution in [0.4, 0.5) is 16.2 Å². The van der Waals surface area contributed by atoms with Crippen LogP contribution in [-0.4, -0.2) is 19.4 Å². The van der Waals surface area contributed by atoms with Gasteiger partial charge in [0, 0.05) is 11.9 Å². The van der Waals surface area contributed by atoms with Crippen molar-refractivity contribution in [2.75, 3.05) is 10.6 Å². The van der Waals surface area contributed by atoms with Crippen molar-refractivity contribution in [2.24, 2.45) is 9.74 Å². The highest BCUT2D eigenvalue weighted by molar-refractivity contribution is 7.92. The SMILES string of the molecule is O=C(Nc1ccc(C#[N+]N=NS(=O)(=O)c2ccc(-c3ccccn3)s2)cc1)Nc1cccc(Cl)c1Cl. The van der Waals surface area contributed by atoms with Crippen LogP contribution in [0.3, 0.4) is 0 Å². The van der Waals surface area contributed by atoms with Gasteiger partial charge in [-0.05, 0) is 65.6 Å². The molecule has 13 heteroatoms. The molecule has 4 aromatic rings. The van der Waals surface area contributed by atoms with Crippen molar-refractivity contribution >= 4 is 62.0 Å². The third-order valence-electron chi connectivity index (χ3n) is 4.46. The van der Waals surface area contributed by atoms with E-state index in [-0.39, 0.29) is 9.23 Å². The van der Waals surface area contributed by atoms with Crippen LogP contribution in [0.25, 0.3) is 15.5 Å². The molecule has 0 aliphatic rings. The molecule has 36 heavy (non-hydrogen) atoms. The number of hydrogen-bond acceptors (Lipinski definition) is 6. The zero-order chi connectivity index (χ0) is 25.5. The molecule has 2 heterocycles. The minimum Gasteiger partial charge on any atom is -0.308 e. The third kappa shape index (κ3) is 6.44. The van der Waals surface area contributed by atoms with Crippen LogP contribution in [0.2, 0.25) is 10.0 Å². The number of carbonyl (C=O) groups is 1. The fourth-order valence-electron chi connectivity index (χ4n) is 2.80. The van der Waals surface area contributed by atoms with E-state index in [9.17, 15) is 13.2 Å². The van der Waals surface area contributed by atoms with Gasteiger partial charge in [0.1, 0.15) is 0 Å². The van der Waals surface area contributed by atoms with E-state index in [1.165, 1.54) is 6.07 Å². The fourth-order valence-corrected chi connectivity index (χ4v) is 5.11. The van der Waals surface area contributed by atoms with Gasteiger partial charge in [0.05, 0.1) is 31.9 Å². The molecule has 9 nitrogen and oxygen atoms in total. The van der Waals surface area contributed by atoms with E-state index in [4.69, 9.17) is 23.2 Å². The summed E-state index contributed by atoms with van der Waals surface area (Å²) in [4.78, 5) is 20.7. The maximum absolute atomic E-state index is 12.4. The Bertz CT molecular complexity index is 1600. The minimum atomic E-state index is -4.01. The number of anilines is 2. The van der Waals surface area contributed by atoms with Crippen molar-refractivity contribution in [1.29, 1.82) is 0 Å². The second-order valence-electron chi connectivity index (χ2n) is 6.95. The Morgan fingerprint density at radius 1 is 0.972 bits per heavy atom. The number of sulfonamides is 1. The van der Waals surface area contributed by atoms with Gasteiger partial charge < -0.3 is 10.6 Å². The number of thiophene rings is 1. The first-order valence-electron chi connectivity index (χ1n) is 10.1. The van der Waals surface area contributed by atoms with E-state index < -0.39 is 16.1 Å². The Morgan fingerprint density at radius 2 is 1.78 bits per heavy atom. The van der Waals surface area contributed by atoms with Crippen molar-refractivity contribution in [3.63, 3.8) is 0 Å². The molecular formula is C23H15Cl2N6O3S2+. The number of aromatic nitrogens is 1. The van der Waals surface area contributed by atoms with Crippen molar-refractivity contribution < 1.29 is 13.2 Å². The maximum atomic E-state index is 12.4. The number of pyridine rings is 1. The maximum Gasteiger partial charge on any atom is 0.403 e. The molecule has 180 valence electrons. The number of rotatable bonds is 5. The first-order chi connectivity index (χ1) is 17.3. The highest BCUT2D eigenvalue weighted by Crippen LogP contribution is 2.31. The molecule has 0 aliphatic carbocycles. The van der Waals surface area contributed by atoms with Crippen LogP contribution in [0, 0.1) is 6.07 Å². The Labute approximate surface area is 220 Å². The summed E-state index contributed by atoms with van der Waals surface area (Å²) < 4.78 is 28.1. The third-order valence-corrected chi connectivity index (χ3v) is 8.00. The van der Waals surface area contributed by atoms with Crippen LogP contribution in [0.15, 0.2) is 92.9 Å². The lowest BCUT2D eigenvalue weighted by atomic mass is 10.2. The van der Waals surface area contributed by atoms with Gasteiger partial charge in [-0.3, -0.25) is 4.98 Å². The number of nitrogens with zero attached hydrogens (tertiary/aromatic N) is 4. The Morgan fingerprint density at radius 3 is 2.53 bits per heavy atom. The van der Waals surface area contributed by atoms with Gasteiger partial charge in [0.2, 0.25) is 6.07 Å². The van der Waals surface area contributed by atoms with E-state index in [0.29, 0.717) is 32.5 Å². The van der Waals surface area contributed by atoms with Crippen molar-refractivity contribution in [3.8, 4) is 16.6 Å². The molecule has 0 aliphatic heterocycles. The van der Waals surface area contributed by atoms with Gasteiger partial charge in [-0.2, -0.15) is 8.42 Å². The zero-order valence-electron chi connectivity index (χ0n) is 18.1.